The summed E-state index contributed by atoms with van der Waals surface area (Å²) in [6.07, 6.45) is 1.36. The van der Waals surface area contributed by atoms with Crippen LogP contribution in [0, 0.1) is 10.5 Å². The molecule has 0 spiro atoms. The molecule has 26 heavy (non-hydrogen) atoms. The van der Waals surface area contributed by atoms with E-state index in [2.05, 4.69) is 76.2 Å². The topological polar surface area (TPSA) is 42.0 Å². The Morgan fingerprint density at radius 2 is 1.88 bits per heavy atom. The van der Waals surface area contributed by atoms with Crippen molar-refractivity contribution in [1.29, 1.82) is 0 Å². The number of nitrogens with one attached hydrogen (secondary N) is 1. The Balaban J connectivity index is 1.43. The minimum atomic E-state index is 0.0259. The highest BCUT2D eigenvalue weighted by Gasteiger charge is 2.08. The van der Waals surface area contributed by atoms with Gasteiger partial charge in [0.05, 0.1) is 5.69 Å². The van der Waals surface area contributed by atoms with Gasteiger partial charge in [-0.05, 0) is 66.0 Å². The molecule has 1 heterocycles. The Bertz CT molecular complexity index is 860. The van der Waals surface area contributed by atoms with Crippen LogP contribution in [0.1, 0.15) is 18.4 Å². The number of thiazole rings is 1. The van der Waals surface area contributed by atoms with Gasteiger partial charge in [0.25, 0.3) is 0 Å². The number of benzene rings is 2. The van der Waals surface area contributed by atoms with E-state index in [1.807, 2.05) is 17.5 Å². The molecule has 0 saturated carbocycles. The lowest BCUT2D eigenvalue weighted by Crippen LogP contribution is -2.11. The average molecular weight is 494 g/mol. The lowest BCUT2D eigenvalue weighted by atomic mass is 10.2. The highest BCUT2D eigenvalue weighted by Crippen LogP contribution is 2.26. The molecule has 3 rings (SSSR count). The van der Waals surface area contributed by atoms with Crippen molar-refractivity contribution in [2.75, 3.05) is 11.1 Å². The van der Waals surface area contributed by atoms with Gasteiger partial charge < -0.3 is 5.32 Å². The first-order chi connectivity index (χ1) is 12.6. The van der Waals surface area contributed by atoms with Crippen LogP contribution in [0.25, 0.3) is 11.3 Å². The number of hydrogen-bond acceptors (Lipinski definition) is 4. The van der Waals surface area contributed by atoms with Gasteiger partial charge >= 0.3 is 0 Å². The molecule has 1 amide bonds. The number of hydrogen-bond donors (Lipinski definition) is 1. The number of aromatic nitrogens is 1. The van der Waals surface area contributed by atoms with Crippen LogP contribution in [0.15, 0.2) is 58.8 Å². The predicted molar refractivity (Wildman–Crippen MR) is 120 cm³/mol. The number of halogens is 1. The number of amides is 1. The smallest absolute Gasteiger partial charge is 0.226 e. The van der Waals surface area contributed by atoms with E-state index >= 15 is 0 Å². The maximum absolute atomic E-state index is 12.1. The molecule has 134 valence electrons. The highest BCUT2D eigenvalue weighted by molar-refractivity contribution is 14.1. The van der Waals surface area contributed by atoms with Crippen LogP contribution in [-0.2, 0) is 4.79 Å². The van der Waals surface area contributed by atoms with E-state index < -0.39 is 0 Å². The molecule has 3 nitrogen and oxygen atoms in total. The maximum Gasteiger partial charge on any atom is 0.226 e. The fraction of sp³-hybridized carbons (Fsp3) is 0.200. The van der Waals surface area contributed by atoms with Crippen molar-refractivity contribution in [3.8, 4) is 11.3 Å². The highest BCUT2D eigenvalue weighted by atomic mass is 127. The summed E-state index contributed by atoms with van der Waals surface area (Å²) in [7, 11) is 0. The molecule has 0 aliphatic rings. The van der Waals surface area contributed by atoms with Crippen molar-refractivity contribution in [2.45, 2.75) is 24.7 Å². The average Bonchev–Trinajstić information content (AvgIpc) is 3.09. The van der Waals surface area contributed by atoms with E-state index in [0.29, 0.717) is 11.6 Å². The predicted octanol–water partition coefficient (Wildman–Crippen LogP) is 6.23. The second-order valence-electron chi connectivity index (χ2n) is 5.86. The summed E-state index contributed by atoms with van der Waals surface area (Å²) in [5.74, 6) is 0.959. The third-order valence-corrected chi connectivity index (χ3v) is 6.30. The van der Waals surface area contributed by atoms with Crippen LogP contribution in [0.5, 0.6) is 0 Å². The van der Waals surface area contributed by atoms with Gasteiger partial charge in [-0.1, -0.05) is 29.8 Å². The van der Waals surface area contributed by atoms with Gasteiger partial charge in [0.2, 0.25) is 5.91 Å². The van der Waals surface area contributed by atoms with E-state index in [4.69, 9.17) is 0 Å². The van der Waals surface area contributed by atoms with Crippen molar-refractivity contribution in [3.63, 3.8) is 0 Å². The molecule has 0 atom stereocenters. The molecule has 0 aliphatic heterocycles. The van der Waals surface area contributed by atoms with Gasteiger partial charge in [-0.3, -0.25) is 4.79 Å². The first-order valence-corrected chi connectivity index (χ1v) is 11.3. The van der Waals surface area contributed by atoms with Gasteiger partial charge in [-0.15, -0.1) is 23.1 Å². The molecule has 0 radical (unpaired) electrons. The second-order valence-corrected chi connectivity index (χ2v) is 9.13. The first-order valence-electron chi connectivity index (χ1n) is 8.31. The Morgan fingerprint density at radius 1 is 1.15 bits per heavy atom. The number of carbonyl (C=O) groups excluding carboxylic acids is 1. The number of nitrogens with zero attached hydrogens (tertiary/aromatic N) is 1. The SMILES string of the molecule is Cc1ccc(SCCCC(=O)Nc2nc(-c3ccc(I)cc3)cs2)cc1. The lowest BCUT2D eigenvalue weighted by Gasteiger charge is -2.03. The molecule has 3 aromatic rings. The standard InChI is InChI=1S/C20H19IN2OS2/c1-14-4-10-17(11-5-14)25-12-2-3-19(24)23-20-22-18(13-26-20)15-6-8-16(21)9-7-15/h4-11,13H,2-3,12H2,1H3,(H,22,23,24). The van der Waals surface area contributed by atoms with Crippen molar-refractivity contribution < 1.29 is 4.79 Å². The van der Waals surface area contributed by atoms with Gasteiger partial charge in [-0.2, -0.15) is 0 Å². The maximum atomic E-state index is 12.1. The molecule has 6 heteroatoms. The molecular weight excluding hydrogens is 475 g/mol. The molecule has 0 fully saturated rings. The number of anilines is 1. The van der Waals surface area contributed by atoms with Crippen LogP contribution in [0.3, 0.4) is 0 Å². The van der Waals surface area contributed by atoms with E-state index in [-0.39, 0.29) is 5.91 Å². The minimum Gasteiger partial charge on any atom is -0.302 e. The van der Waals surface area contributed by atoms with Crippen LogP contribution in [0.2, 0.25) is 0 Å². The molecule has 1 aromatic heterocycles. The van der Waals surface area contributed by atoms with E-state index in [1.165, 1.54) is 25.4 Å². The number of thioether (sulfide) groups is 1. The fourth-order valence-electron chi connectivity index (χ4n) is 2.32. The Morgan fingerprint density at radius 3 is 2.62 bits per heavy atom. The lowest BCUT2D eigenvalue weighted by molar-refractivity contribution is -0.116. The van der Waals surface area contributed by atoms with Crippen LogP contribution >= 0.6 is 45.7 Å². The van der Waals surface area contributed by atoms with Crippen LogP contribution in [-0.4, -0.2) is 16.6 Å². The van der Waals surface area contributed by atoms with Gasteiger partial charge in [-0.25, -0.2) is 4.98 Å². The third kappa shape index (κ3) is 5.82. The quantitative estimate of drug-likeness (QED) is 0.240. The molecule has 0 saturated heterocycles. The van der Waals surface area contributed by atoms with Crippen LogP contribution < -0.4 is 5.32 Å². The number of aryl methyl sites for hydroxylation is 1. The summed E-state index contributed by atoms with van der Waals surface area (Å²) >= 11 is 5.53. The molecule has 0 aliphatic carbocycles. The normalized spacial score (nSPS) is 10.7. The van der Waals surface area contributed by atoms with Crippen molar-refractivity contribution in [3.05, 3.63) is 63.0 Å². The zero-order valence-corrected chi connectivity index (χ0v) is 18.2. The van der Waals surface area contributed by atoms with Gasteiger partial charge in [0, 0.05) is 25.8 Å². The molecule has 0 unspecified atom stereocenters. The second kappa shape index (κ2) is 9.53. The molecule has 1 N–H and O–H groups in total. The summed E-state index contributed by atoms with van der Waals surface area (Å²) in [5.41, 5.74) is 3.23. The molecular formula is C20H19IN2OS2. The van der Waals surface area contributed by atoms with Crippen LogP contribution in [0.4, 0.5) is 5.13 Å². The fourth-order valence-corrected chi connectivity index (χ4v) is 4.27. The summed E-state index contributed by atoms with van der Waals surface area (Å²) in [6, 6.07) is 16.7. The van der Waals surface area contributed by atoms with Crippen molar-refractivity contribution >= 4 is 56.7 Å². The Labute approximate surface area is 175 Å². The van der Waals surface area contributed by atoms with Crippen molar-refractivity contribution in [2.24, 2.45) is 0 Å². The Kier molecular flexibility index (Phi) is 7.10. The van der Waals surface area contributed by atoms with Gasteiger partial charge in [0.1, 0.15) is 0 Å². The number of carbonyl (C=O) groups is 1. The zero-order chi connectivity index (χ0) is 18.4. The largest absolute Gasteiger partial charge is 0.302 e. The summed E-state index contributed by atoms with van der Waals surface area (Å²) in [6.45, 7) is 2.08. The van der Waals surface area contributed by atoms with E-state index in [0.717, 1.165) is 23.4 Å². The third-order valence-electron chi connectivity index (χ3n) is 3.73. The first kappa shape index (κ1) is 19.4. The summed E-state index contributed by atoms with van der Waals surface area (Å²) in [4.78, 5) is 17.9. The van der Waals surface area contributed by atoms with E-state index in [1.54, 1.807) is 11.8 Å². The molecule has 0 bridgehead atoms. The summed E-state index contributed by atoms with van der Waals surface area (Å²) in [5, 5.41) is 5.55. The minimum absolute atomic E-state index is 0.0259. The van der Waals surface area contributed by atoms with Crippen molar-refractivity contribution in [1.82, 2.24) is 4.98 Å². The van der Waals surface area contributed by atoms with E-state index in [9.17, 15) is 4.79 Å². The summed E-state index contributed by atoms with van der Waals surface area (Å²) < 4.78 is 1.19. The monoisotopic (exact) mass is 494 g/mol. The Hall–Kier alpha value is -1.38. The van der Waals surface area contributed by atoms with Gasteiger partial charge in [0.15, 0.2) is 5.13 Å². The number of rotatable bonds is 7. The zero-order valence-electron chi connectivity index (χ0n) is 14.4. The molecule has 2 aromatic carbocycles.